The van der Waals surface area contributed by atoms with E-state index in [9.17, 15) is 9.90 Å². The standard InChI is InChI=1S/C15H22N6O3/c1-2-3-11(15(23)24)12(14-18-20-21-19-14)8-10-4-5-13(17-9-10)16-6-7-22/h4-5,9,11-12,22H,2-3,6-8H2,1H3,(H,16,17)(H,23,24)(H,18,19,20,21)/t11-,12?/m0/s1. The number of aliphatic hydroxyl groups is 1. The lowest BCUT2D eigenvalue weighted by Gasteiger charge is -2.21. The van der Waals surface area contributed by atoms with Crippen LogP contribution in [0.1, 0.15) is 37.1 Å². The van der Waals surface area contributed by atoms with Gasteiger partial charge in [0.05, 0.1) is 12.5 Å². The minimum Gasteiger partial charge on any atom is -0.481 e. The molecule has 4 N–H and O–H groups in total. The van der Waals surface area contributed by atoms with Crippen molar-refractivity contribution in [3.05, 3.63) is 29.7 Å². The fraction of sp³-hybridized carbons (Fsp3) is 0.533. The molecule has 0 saturated heterocycles. The van der Waals surface area contributed by atoms with Crippen molar-refractivity contribution in [1.29, 1.82) is 0 Å². The minimum absolute atomic E-state index is 0.0291. The first-order valence-electron chi connectivity index (χ1n) is 7.91. The van der Waals surface area contributed by atoms with Crippen LogP contribution in [-0.2, 0) is 11.2 Å². The molecule has 0 aromatic carbocycles. The number of nitrogens with one attached hydrogen (secondary N) is 2. The molecule has 0 spiro atoms. The number of nitrogens with zero attached hydrogens (tertiary/aromatic N) is 4. The average Bonchev–Trinajstić information content (AvgIpc) is 3.11. The Morgan fingerprint density at radius 1 is 1.42 bits per heavy atom. The molecule has 0 radical (unpaired) electrons. The van der Waals surface area contributed by atoms with Crippen LogP contribution in [0, 0.1) is 5.92 Å². The Morgan fingerprint density at radius 2 is 2.25 bits per heavy atom. The molecule has 2 rings (SSSR count). The van der Waals surface area contributed by atoms with Crippen molar-refractivity contribution >= 4 is 11.8 Å². The summed E-state index contributed by atoms with van der Waals surface area (Å²) in [5.41, 5.74) is 0.897. The zero-order valence-corrected chi connectivity index (χ0v) is 13.5. The largest absolute Gasteiger partial charge is 0.481 e. The maximum Gasteiger partial charge on any atom is 0.307 e. The van der Waals surface area contributed by atoms with Crippen molar-refractivity contribution in [2.24, 2.45) is 5.92 Å². The summed E-state index contributed by atoms with van der Waals surface area (Å²) in [6, 6.07) is 3.69. The van der Waals surface area contributed by atoms with Gasteiger partial charge in [0.25, 0.3) is 0 Å². The molecule has 130 valence electrons. The zero-order chi connectivity index (χ0) is 17.4. The van der Waals surface area contributed by atoms with Gasteiger partial charge in [-0.05, 0) is 34.9 Å². The van der Waals surface area contributed by atoms with Gasteiger partial charge in [-0.3, -0.25) is 4.79 Å². The molecule has 0 amide bonds. The second-order valence-corrected chi connectivity index (χ2v) is 5.53. The van der Waals surface area contributed by atoms with Crippen LogP contribution >= 0.6 is 0 Å². The molecule has 24 heavy (non-hydrogen) atoms. The van der Waals surface area contributed by atoms with Gasteiger partial charge in [0, 0.05) is 18.7 Å². The van der Waals surface area contributed by atoms with E-state index in [0.717, 1.165) is 12.0 Å². The number of anilines is 1. The highest BCUT2D eigenvalue weighted by molar-refractivity contribution is 5.71. The number of aromatic amines is 1. The molecule has 0 aliphatic rings. The van der Waals surface area contributed by atoms with Crippen LogP contribution < -0.4 is 5.32 Å². The number of carbonyl (C=O) groups is 1. The number of carboxylic acids is 1. The Morgan fingerprint density at radius 3 is 2.79 bits per heavy atom. The number of pyridine rings is 1. The number of H-pyrrole nitrogens is 1. The Kier molecular flexibility index (Phi) is 6.62. The molecule has 0 bridgehead atoms. The zero-order valence-electron chi connectivity index (χ0n) is 13.5. The molecule has 0 saturated carbocycles. The molecule has 2 heterocycles. The van der Waals surface area contributed by atoms with Gasteiger partial charge in [0.15, 0.2) is 5.82 Å². The summed E-state index contributed by atoms with van der Waals surface area (Å²) in [5, 5.41) is 35.1. The third-order valence-corrected chi connectivity index (χ3v) is 3.81. The maximum absolute atomic E-state index is 11.7. The number of hydrogen-bond acceptors (Lipinski definition) is 7. The number of aliphatic carboxylic acids is 1. The summed E-state index contributed by atoms with van der Waals surface area (Å²) < 4.78 is 0. The van der Waals surface area contributed by atoms with Crippen LogP contribution in [0.5, 0.6) is 0 Å². The third-order valence-electron chi connectivity index (χ3n) is 3.81. The van der Waals surface area contributed by atoms with Crippen LogP contribution in [0.4, 0.5) is 5.82 Å². The summed E-state index contributed by atoms with van der Waals surface area (Å²) in [6.45, 7) is 2.41. The van der Waals surface area contributed by atoms with Crippen molar-refractivity contribution in [1.82, 2.24) is 25.6 Å². The van der Waals surface area contributed by atoms with Gasteiger partial charge in [-0.25, -0.2) is 10.1 Å². The summed E-state index contributed by atoms with van der Waals surface area (Å²) in [4.78, 5) is 15.9. The number of hydrogen-bond donors (Lipinski definition) is 4. The first kappa shape index (κ1) is 17.8. The summed E-state index contributed by atoms with van der Waals surface area (Å²) in [6.07, 6.45) is 3.48. The lowest BCUT2D eigenvalue weighted by molar-refractivity contribution is -0.142. The minimum atomic E-state index is -0.854. The van der Waals surface area contributed by atoms with E-state index in [2.05, 4.69) is 30.9 Å². The van der Waals surface area contributed by atoms with Crippen molar-refractivity contribution in [3.63, 3.8) is 0 Å². The van der Waals surface area contributed by atoms with Crippen molar-refractivity contribution < 1.29 is 15.0 Å². The van der Waals surface area contributed by atoms with E-state index in [1.807, 2.05) is 13.0 Å². The fourth-order valence-electron chi connectivity index (χ4n) is 2.65. The monoisotopic (exact) mass is 334 g/mol. The smallest absolute Gasteiger partial charge is 0.307 e. The fourth-order valence-corrected chi connectivity index (χ4v) is 2.65. The van der Waals surface area contributed by atoms with Crippen molar-refractivity contribution in [2.45, 2.75) is 32.1 Å². The summed E-state index contributed by atoms with van der Waals surface area (Å²) in [7, 11) is 0. The van der Waals surface area contributed by atoms with Crippen LogP contribution in [0.25, 0.3) is 0 Å². The molecule has 1 unspecified atom stereocenters. The summed E-state index contributed by atoms with van der Waals surface area (Å²) in [5.74, 6) is -0.646. The Labute approximate surface area is 139 Å². The normalized spacial score (nSPS) is 13.4. The van der Waals surface area contributed by atoms with Gasteiger partial charge in [-0.2, -0.15) is 0 Å². The second kappa shape index (κ2) is 8.92. The van der Waals surface area contributed by atoms with Gasteiger partial charge >= 0.3 is 5.97 Å². The Balaban J connectivity index is 2.17. The predicted molar refractivity (Wildman–Crippen MR) is 86.5 cm³/mol. The number of carboxylic acid groups (broad SMARTS) is 1. The predicted octanol–water partition coefficient (Wildman–Crippen LogP) is 0.826. The van der Waals surface area contributed by atoms with Crippen LogP contribution in [0.15, 0.2) is 18.3 Å². The third kappa shape index (κ3) is 4.72. The lowest BCUT2D eigenvalue weighted by Crippen LogP contribution is -2.25. The van der Waals surface area contributed by atoms with E-state index < -0.39 is 11.9 Å². The highest BCUT2D eigenvalue weighted by Crippen LogP contribution is 2.29. The number of aliphatic hydroxyl groups excluding tert-OH is 1. The second-order valence-electron chi connectivity index (χ2n) is 5.53. The van der Waals surface area contributed by atoms with Gasteiger partial charge < -0.3 is 15.5 Å². The Hall–Kier alpha value is -2.55. The molecular weight excluding hydrogens is 312 g/mol. The van der Waals surface area contributed by atoms with Gasteiger partial charge in [0.1, 0.15) is 5.82 Å². The highest BCUT2D eigenvalue weighted by atomic mass is 16.4. The van der Waals surface area contributed by atoms with Crippen LogP contribution in [0.2, 0.25) is 0 Å². The van der Waals surface area contributed by atoms with Gasteiger partial charge in [-0.1, -0.05) is 19.4 Å². The molecule has 2 aromatic heterocycles. The van der Waals surface area contributed by atoms with E-state index >= 15 is 0 Å². The van der Waals surface area contributed by atoms with E-state index in [1.165, 1.54) is 0 Å². The van der Waals surface area contributed by atoms with E-state index in [1.54, 1.807) is 12.3 Å². The molecule has 0 fully saturated rings. The SMILES string of the molecule is CCC[C@H](C(=O)O)C(Cc1ccc(NCCO)nc1)c1nnn[nH]1. The van der Waals surface area contributed by atoms with E-state index in [4.69, 9.17) is 5.11 Å². The van der Waals surface area contributed by atoms with Crippen LogP contribution in [0.3, 0.4) is 0 Å². The van der Waals surface area contributed by atoms with Crippen molar-refractivity contribution in [3.8, 4) is 0 Å². The molecule has 2 atom stereocenters. The molecule has 9 heteroatoms. The quantitative estimate of drug-likeness (QED) is 0.501. The number of aromatic nitrogens is 5. The first-order valence-corrected chi connectivity index (χ1v) is 7.91. The topological polar surface area (TPSA) is 137 Å². The lowest BCUT2D eigenvalue weighted by atomic mass is 9.83. The molecule has 0 aliphatic heterocycles. The average molecular weight is 334 g/mol. The number of rotatable bonds is 10. The summed E-state index contributed by atoms with van der Waals surface area (Å²) >= 11 is 0. The molecule has 0 aliphatic carbocycles. The van der Waals surface area contributed by atoms with E-state index in [-0.39, 0.29) is 12.5 Å². The van der Waals surface area contributed by atoms with Crippen LogP contribution in [-0.4, -0.2) is 54.9 Å². The van der Waals surface area contributed by atoms with Gasteiger partial charge in [-0.15, -0.1) is 5.10 Å². The van der Waals surface area contributed by atoms with Crippen molar-refractivity contribution in [2.75, 3.05) is 18.5 Å². The number of tetrazole rings is 1. The maximum atomic E-state index is 11.7. The van der Waals surface area contributed by atoms with E-state index in [0.29, 0.717) is 31.0 Å². The molecule has 9 nitrogen and oxygen atoms in total. The van der Waals surface area contributed by atoms with Gasteiger partial charge in [0.2, 0.25) is 0 Å². The first-order chi connectivity index (χ1) is 11.7. The highest BCUT2D eigenvalue weighted by Gasteiger charge is 2.31. The molecule has 2 aromatic rings. The molecular formula is C15H22N6O3. The Bertz CT molecular complexity index is 617.